The average Bonchev–Trinajstić information content (AvgIpc) is 2.58. The lowest BCUT2D eigenvalue weighted by Gasteiger charge is -1.98. The SMILES string of the molecule is Cc1nc(CC(=O)c2ccc(F)cc2)[nH]c1C.Cl. The molecule has 0 unspecified atom stereocenters. The van der Waals surface area contributed by atoms with Crippen molar-refractivity contribution in [3.8, 4) is 0 Å². The van der Waals surface area contributed by atoms with Crippen molar-refractivity contribution in [1.29, 1.82) is 0 Å². The number of nitrogens with zero attached hydrogens (tertiary/aromatic N) is 1. The van der Waals surface area contributed by atoms with E-state index in [0.29, 0.717) is 11.4 Å². The number of aryl methyl sites for hydroxylation is 2. The Labute approximate surface area is 111 Å². The van der Waals surface area contributed by atoms with E-state index in [1.165, 1.54) is 24.3 Å². The zero-order valence-electron chi connectivity index (χ0n) is 10.2. The summed E-state index contributed by atoms with van der Waals surface area (Å²) >= 11 is 0. The Balaban J connectivity index is 0.00000162. The maximum atomic E-state index is 12.7. The highest BCUT2D eigenvalue weighted by molar-refractivity contribution is 5.97. The van der Waals surface area contributed by atoms with Gasteiger partial charge in [-0.15, -0.1) is 12.4 Å². The summed E-state index contributed by atoms with van der Waals surface area (Å²) in [6, 6.07) is 5.54. The van der Waals surface area contributed by atoms with Gasteiger partial charge in [-0.1, -0.05) is 0 Å². The van der Waals surface area contributed by atoms with Gasteiger partial charge in [-0.25, -0.2) is 9.37 Å². The van der Waals surface area contributed by atoms with E-state index in [9.17, 15) is 9.18 Å². The first-order valence-corrected chi connectivity index (χ1v) is 5.37. The summed E-state index contributed by atoms with van der Waals surface area (Å²) in [5.41, 5.74) is 2.36. The molecule has 0 saturated carbocycles. The van der Waals surface area contributed by atoms with Gasteiger partial charge in [0.2, 0.25) is 0 Å². The molecule has 0 atom stereocenters. The summed E-state index contributed by atoms with van der Waals surface area (Å²) < 4.78 is 12.7. The highest BCUT2D eigenvalue weighted by Gasteiger charge is 2.10. The van der Waals surface area contributed by atoms with Crippen LogP contribution in [0.1, 0.15) is 27.6 Å². The van der Waals surface area contributed by atoms with E-state index in [4.69, 9.17) is 0 Å². The van der Waals surface area contributed by atoms with Crippen LogP contribution in [-0.4, -0.2) is 15.8 Å². The van der Waals surface area contributed by atoms with Crippen LogP contribution in [0, 0.1) is 19.7 Å². The maximum absolute atomic E-state index is 12.7. The van der Waals surface area contributed by atoms with Gasteiger partial charge in [0.25, 0.3) is 0 Å². The number of aromatic nitrogens is 2. The zero-order valence-corrected chi connectivity index (χ0v) is 11.0. The van der Waals surface area contributed by atoms with Crippen LogP contribution in [-0.2, 0) is 6.42 Å². The molecule has 2 aromatic rings. The second-order valence-electron chi connectivity index (χ2n) is 4.00. The van der Waals surface area contributed by atoms with Gasteiger partial charge in [-0.05, 0) is 38.1 Å². The molecule has 2 rings (SSSR count). The molecule has 0 aliphatic rings. The van der Waals surface area contributed by atoms with Crippen molar-refractivity contribution in [3.05, 3.63) is 52.9 Å². The summed E-state index contributed by atoms with van der Waals surface area (Å²) in [6.45, 7) is 3.80. The number of imidazole rings is 1. The number of rotatable bonds is 3. The minimum absolute atomic E-state index is 0. The number of hydrogen-bond acceptors (Lipinski definition) is 2. The number of hydrogen-bond donors (Lipinski definition) is 1. The van der Waals surface area contributed by atoms with E-state index in [1.807, 2.05) is 13.8 Å². The molecular weight excluding hydrogens is 255 g/mol. The number of carbonyl (C=O) groups excluding carboxylic acids is 1. The summed E-state index contributed by atoms with van der Waals surface area (Å²) in [7, 11) is 0. The molecule has 96 valence electrons. The number of Topliss-reactive ketones (excluding diaryl/α,β-unsaturated/α-hetero) is 1. The lowest BCUT2D eigenvalue weighted by Crippen LogP contribution is -2.05. The Morgan fingerprint density at radius 3 is 2.39 bits per heavy atom. The van der Waals surface area contributed by atoms with Crippen LogP contribution in [0.5, 0.6) is 0 Å². The van der Waals surface area contributed by atoms with E-state index in [0.717, 1.165) is 11.4 Å². The van der Waals surface area contributed by atoms with Crippen LogP contribution >= 0.6 is 12.4 Å². The number of halogens is 2. The van der Waals surface area contributed by atoms with Crippen LogP contribution in [0.15, 0.2) is 24.3 Å². The minimum Gasteiger partial charge on any atom is -0.345 e. The quantitative estimate of drug-likeness (QED) is 0.870. The van der Waals surface area contributed by atoms with Gasteiger partial charge < -0.3 is 4.98 Å². The van der Waals surface area contributed by atoms with Gasteiger partial charge in [0.05, 0.1) is 12.1 Å². The third kappa shape index (κ3) is 3.17. The lowest BCUT2D eigenvalue weighted by atomic mass is 10.1. The molecule has 0 bridgehead atoms. The van der Waals surface area contributed by atoms with E-state index >= 15 is 0 Å². The lowest BCUT2D eigenvalue weighted by molar-refractivity contribution is 0.0991. The Morgan fingerprint density at radius 2 is 1.89 bits per heavy atom. The second kappa shape index (κ2) is 5.78. The molecule has 18 heavy (non-hydrogen) atoms. The smallest absolute Gasteiger partial charge is 0.170 e. The molecule has 1 aromatic heterocycles. The average molecular weight is 269 g/mol. The molecular formula is C13H14ClFN2O. The normalized spacial score (nSPS) is 9.94. The fraction of sp³-hybridized carbons (Fsp3) is 0.231. The molecule has 0 aliphatic heterocycles. The highest BCUT2D eigenvalue weighted by atomic mass is 35.5. The van der Waals surface area contributed by atoms with Gasteiger partial charge in [0, 0.05) is 11.3 Å². The van der Waals surface area contributed by atoms with Gasteiger partial charge in [0.1, 0.15) is 11.6 Å². The Bertz CT molecular complexity index is 529. The predicted molar refractivity (Wildman–Crippen MR) is 69.7 cm³/mol. The highest BCUT2D eigenvalue weighted by Crippen LogP contribution is 2.09. The minimum atomic E-state index is -0.341. The second-order valence-corrected chi connectivity index (χ2v) is 4.00. The summed E-state index contributed by atoms with van der Waals surface area (Å²) in [5.74, 6) is 0.235. The molecule has 3 nitrogen and oxygen atoms in total. The Kier molecular flexibility index (Phi) is 4.62. The molecule has 1 heterocycles. The standard InChI is InChI=1S/C13H13FN2O.ClH/c1-8-9(2)16-13(15-8)7-12(17)10-3-5-11(14)6-4-10;/h3-6H,7H2,1-2H3,(H,15,16);1H. The number of benzene rings is 1. The van der Waals surface area contributed by atoms with Crippen molar-refractivity contribution in [2.24, 2.45) is 0 Å². The fourth-order valence-electron chi connectivity index (χ4n) is 1.59. The van der Waals surface area contributed by atoms with Crippen molar-refractivity contribution in [3.63, 3.8) is 0 Å². The molecule has 0 fully saturated rings. The van der Waals surface area contributed by atoms with Crippen molar-refractivity contribution in [1.82, 2.24) is 9.97 Å². The number of ketones is 1. The Hall–Kier alpha value is -1.68. The largest absolute Gasteiger partial charge is 0.345 e. The van der Waals surface area contributed by atoms with Crippen LogP contribution in [0.3, 0.4) is 0 Å². The van der Waals surface area contributed by atoms with Crippen LogP contribution in [0.25, 0.3) is 0 Å². The predicted octanol–water partition coefficient (Wildman–Crippen LogP) is 3.01. The third-order valence-electron chi connectivity index (χ3n) is 2.67. The molecule has 0 spiro atoms. The van der Waals surface area contributed by atoms with Crippen LogP contribution < -0.4 is 0 Å². The number of carbonyl (C=O) groups is 1. The Morgan fingerprint density at radius 1 is 1.28 bits per heavy atom. The zero-order chi connectivity index (χ0) is 12.4. The number of aromatic amines is 1. The number of H-pyrrole nitrogens is 1. The summed E-state index contributed by atoms with van der Waals surface area (Å²) in [4.78, 5) is 19.2. The molecule has 0 amide bonds. The van der Waals surface area contributed by atoms with Crippen molar-refractivity contribution in [2.45, 2.75) is 20.3 Å². The first-order valence-electron chi connectivity index (χ1n) is 5.37. The maximum Gasteiger partial charge on any atom is 0.170 e. The summed E-state index contributed by atoms with van der Waals surface area (Å²) in [5, 5.41) is 0. The summed E-state index contributed by atoms with van der Waals surface area (Å²) in [6.07, 6.45) is 0.209. The van der Waals surface area contributed by atoms with Gasteiger partial charge in [-0.3, -0.25) is 4.79 Å². The van der Waals surface area contributed by atoms with Gasteiger partial charge in [0.15, 0.2) is 5.78 Å². The van der Waals surface area contributed by atoms with Gasteiger partial charge in [-0.2, -0.15) is 0 Å². The molecule has 1 N–H and O–H groups in total. The van der Waals surface area contributed by atoms with E-state index in [1.54, 1.807) is 0 Å². The fourth-order valence-corrected chi connectivity index (χ4v) is 1.59. The van der Waals surface area contributed by atoms with Crippen molar-refractivity contribution in [2.75, 3.05) is 0 Å². The van der Waals surface area contributed by atoms with Gasteiger partial charge >= 0.3 is 0 Å². The molecule has 0 saturated heterocycles. The third-order valence-corrected chi connectivity index (χ3v) is 2.67. The monoisotopic (exact) mass is 268 g/mol. The number of nitrogens with one attached hydrogen (secondary N) is 1. The van der Waals surface area contributed by atoms with Crippen LogP contribution in [0.2, 0.25) is 0 Å². The van der Waals surface area contributed by atoms with E-state index in [-0.39, 0.29) is 30.4 Å². The first-order chi connectivity index (χ1) is 8.06. The molecule has 1 aromatic carbocycles. The van der Waals surface area contributed by atoms with Crippen molar-refractivity contribution < 1.29 is 9.18 Å². The molecule has 5 heteroatoms. The van der Waals surface area contributed by atoms with Crippen molar-refractivity contribution >= 4 is 18.2 Å². The molecule has 0 aliphatic carbocycles. The van der Waals surface area contributed by atoms with E-state index in [2.05, 4.69) is 9.97 Å². The van der Waals surface area contributed by atoms with E-state index < -0.39 is 0 Å². The molecule has 0 radical (unpaired) electrons. The van der Waals surface area contributed by atoms with Crippen LogP contribution in [0.4, 0.5) is 4.39 Å². The first kappa shape index (κ1) is 14.4. The topological polar surface area (TPSA) is 45.8 Å².